The zero-order valence-electron chi connectivity index (χ0n) is 11.7. The van der Waals surface area contributed by atoms with E-state index in [1.54, 1.807) is 6.20 Å². The summed E-state index contributed by atoms with van der Waals surface area (Å²) < 4.78 is 0. The predicted molar refractivity (Wildman–Crippen MR) is 81.1 cm³/mol. The van der Waals surface area contributed by atoms with Gasteiger partial charge in [-0.25, -0.2) is 9.97 Å². The summed E-state index contributed by atoms with van der Waals surface area (Å²) in [6.07, 6.45) is 4.64. The van der Waals surface area contributed by atoms with Crippen LogP contribution in [0.5, 0.6) is 0 Å². The number of amides is 1. The largest absolute Gasteiger partial charge is 0.345 e. The van der Waals surface area contributed by atoms with Crippen LogP contribution in [0.1, 0.15) is 20.4 Å². The molecule has 0 atom stereocenters. The molecule has 0 saturated heterocycles. The van der Waals surface area contributed by atoms with Crippen molar-refractivity contribution >= 4 is 17.2 Å². The van der Waals surface area contributed by atoms with Gasteiger partial charge in [-0.3, -0.25) is 9.78 Å². The second-order valence-electron chi connectivity index (χ2n) is 4.41. The van der Waals surface area contributed by atoms with E-state index in [9.17, 15) is 4.79 Å². The highest BCUT2D eigenvalue weighted by Crippen LogP contribution is 2.10. The maximum Gasteiger partial charge on any atom is 0.254 e. The number of nitrogens with zero attached hydrogens (tertiary/aromatic N) is 5. The van der Waals surface area contributed by atoms with E-state index in [1.807, 2.05) is 25.1 Å². The number of carbonyl (C=O) groups excluding carboxylic acids is 1. The van der Waals surface area contributed by atoms with Gasteiger partial charge >= 0.3 is 0 Å². The summed E-state index contributed by atoms with van der Waals surface area (Å²) in [5.74, 6) is 0.234. The summed E-state index contributed by atoms with van der Waals surface area (Å²) in [6.45, 7) is 2.21. The molecule has 0 saturated carbocycles. The molecule has 0 aromatic carbocycles. The summed E-state index contributed by atoms with van der Waals surface area (Å²) in [6, 6.07) is 5.49. The number of carbonyl (C=O) groups is 1. The van der Waals surface area contributed by atoms with Crippen LogP contribution in [0.2, 0.25) is 0 Å². The average Bonchev–Trinajstić information content (AvgIpc) is 2.99. The quantitative estimate of drug-likeness (QED) is 0.787. The van der Waals surface area contributed by atoms with Crippen LogP contribution in [0.4, 0.5) is 0 Å². The fourth-order valence-electron chi connectivity index (χ4n) is 1.74. The van der Waals surface area contributed by atoms with Gasteiger partial charge in [-0.05, 0) is 19.1 Å². The summed E-state index contributed by atoms with van der Waals surface area (Å²) in [4.78, 5) is 24.5. The fourth-order valence-corrected chi connectivity index (χ4v) is 2.39. The van der Waals surface area contributed by atoms with Crippen LogP contribution in [0, 0.1) is 6.92 Å². The first kappa shape index (κ1) is 14.2. The van der Waals surface area contributed by atoms with Crippen molar-refractivity contribution in [3.63, 3.8) is 0 Å². The molecule has 1 amide bonds. The van der Waals surface area contributed by atoms with Crippen LogP contribution in [-0.2, 0) is 6.54 Å². The van der Waals surface area contributed by atoms with Gasteiger partial charge in [-0.15, -0.1) is 10.2 Å². The van der Waals surface area contributed by atoms with Crippen molar-refractivity contribution in [2.75, 3.05) is 0 Å². The van der Waals surface area contributed by atoms with Crippen LogP contribution in [0.3, 0.4) is 0 Å². The molecule has 22 heavy (non-hydrogen) atoms. The molecule has 0 aliphatic heterocycles. The fraction of sp³-hybridized carbons (Fsp3) is 0.143. The third-order valence-corrected chi connectivity index (χ3v) is 3.61. The minimum absolute atomic E-state index is 0.250. The van der Waals surface area contributed by atoms with Crippen LogP contribution < -0.4 is 5.32 Å². The first-order valence-electron chi connectivity index (χ1n) is 6.53. The van der Waals surface area contributed by atoms with Gasteiger partial charge in [0.05, 0.1) is 12.1 Å². The Bertz CT molecular complexity index is 772. The van der Waals surface area contributed by atoms with Crippen molar-refractivity contribution < 1.29 is 4.79 Å². The molecule has 0 radical (unpaired) electrons. The van der Waals surface area contributed by atoms with Crippen molar-refractivity contribution in [1.82, 2.24) is 30.5 Å². The molecule has 3 heterocycles. The van der Waals surface area contributed by atoms with E-state index in [0.717, 1.165) is 10.0 Å². The molecule has 1 N–H and O–H groups in total. The van der Waals surface area contributed by atoms with Gasteiger partial charge in [0.15, 0.2) is 5.82 Å². The molecule has 0 aliphatic rings. The highest BCUT2D eigenvalue weighted by Gasteiger charge is 2.09. The topological polar surface area (TPSA) is 93.6 Å². The molecule has 0 aliphatic carbocycles. The molecule has 3 aromatic heterocycles. The molecule has 110 valence electrons. The van der Waals surface area contributed by atoms with E-state index >= 15 is 0 Å². The lowest BCUT2D eigenvalue weighted by molar-refractivity contribution is 0.0950. The molecule has 0 fully saturated rings. The molecule has 0 unspecified atom stereocenters. The number of hydrogen-bond acceptors (Lipinski definition) is 7. The number of hydrogen-bond donors (Lipinski definition) is 1. The molecule has 7 nitrogen and oxygen atoms in total. The molecular formula is C14H12N6OS. The molecular weight excluding hydrogens is 300 g/mol. The molecule has 3 rings (SSSR count). The number of rotatable bonds is 4. The number of aromatic nitrogens is 5. The van der Waals surface area contributed by atoms with E-state index in [4.69, 9.17) is 0 Å². The second kappa shape index (κ2) is 6.35. The van der Waals surface area contributed by atoms with E-state index in [1.165, 1.54) is 23.7 Å². The van der Waals surface area contributed by atoms with Gasteiger partial charge < -0.3 is 5.32 Å². The third-order valence-electron chi connectivity index (χ3n) is 2.78. The van der Waals surface area contributed by atoms with Crippen LogP contribution >= 0.6 is 11.3 Å². The predicted octanol–water partition coefficient (Wildman–Crippen LogP) is 1.63. The van der Waals surface area contributed by atoms with Crippen LogP contribution in [0.25, 0.3) is 11.5 Å². The van der Waals surface area contributed by atoms with Crippen molar-refractivity contribution in [3.8, 4) is 11.5 Å². The first-order chi connectivity index (χ1) is 10.7. The highest BCUT2D eigenvalue weighted by molar-refractivity contribution is 7.11. The van der Waals surface area contributed by atoms with Gasteiger partial charge in [0.1, 0.15) is 15.7 Å². The van der Waals surface area contributed by atoms with E-state index in [2.05, 4.69) is 30.5 Å². The summed E-state index contributed by atoms with van der Waals surface area (Å²) in [5, 5.41) is 12.2. The lowest BCUT2D eigenvalue weighted by Crippen LogP contribution is -2.23. The average molecular weight is 312 g/mol. The normalized spacial score (nSPS) is 10.4. The van der Waals surface area contributed by atoms with Crippen molar-refractivity contribution in [2.24, 2.45) is 0 Å². The Labute approximate surface area is 130 Å². The van der Waals surface area contributed by atoms with Gasteiger partial charge in [0.2, 0.25) is 0 Å². The lowest BCUT2D eigenvalue weighted by Gasteiger charge is -2.03. The summed E-state index contributed by atoms with van der Waals surface area (Å²) >= 11 is 1.45. The number of pyridine rings is 1. The second-order valence-corrected chi connectivity index (χ2v) is 5.67. The Morgan fingerprint density at radius 2 is 2.00 bits per heavy atom. The minimum Gasteiger partial charge on any atom is -0.345 e. The summed E-state index contributed by atoms with van der Waals surface area (Å²) in [5.41, 5.74) is 1.06. The van der Waals surface area contributed by atoms with E-state index in [0.29, 0.717) is 23.6 Å². The molecule has 3 aromatic rings. The lowest BCUT2D eigenvalue weighted by atomic mass is 10.3. The van der Waals surface area contributed by atoms with E-state index in [-0.39, 0.29) is 5.91 Å². The van der Waals surface area contributed by atoms with Gasteiger partial charge in [0.25, 0.3) is 5.91 Å². The SMILES string of the molecule is Cc1nnc(CNC(=O)c2cnc(-c3ccccn3)nc2)s1. The standard InChI is InChI=1S/C14H12N6OS/c1-9-19-20-12(22-9)8-18-14(21)10-6-16-13(17-7-10)11-4-2-3-5-15-11/h2-7H,8H2,1H3,(H,18,21). The minimum atomic E-state index is -0.250. The highest BCUT2D eigenvalue weighted by atomic mass is 32.1. The molecule has 8 heteroatoms. The third kappa shape index (κ3) is 3.29. The maximum absolute atomic E-state index is 12.0. The van der Waals surface area contributed by atoms with Crippen LogP contribution in [0.15, 0.2) is 36.8 Å². The number of aryl methyl sites for hydroxylation is 1. The van der Waals surface area contributed by atoms with Gasteiger partial charge in [-0.1, -0.05) is 17.4 Å². The summed E-state index contributed by atoms with van der Waals surface area (Å²) in [7, 11) is 0. The zero-order valence-corrected chi connectivity index (χ0v) is 12.5. The van der Waals surface area contributed by atoms with Gasteiger partial charge in [-0.2, -0.15) is 0 Å². The van der Waals surface area contributed by atoms with E-state index < -0.39 is 0 Å². The smallest absolute Gasteiger partial charge is 0.254 e. The number of nitrogens with one attached hydrogen (secondary N) is 1. The maximum atomic E-state index is 12.0. The van der Waals surface area contributed by atoms with Gasteiger partial charge in [0, 0.05) is 18.6 Å². The Morgan fingerprint density at radius 3 is 2.64 bits per heavy atom. The Morgan fingerprint density at radius 1 is 1.18 bits per heavy atom. The first-order valence-corrected chi connectivity index (χ1v) is 7.34. The molecule has 0 bridgehead atoms. The van der Waals surface area contributed by atoms with Crippen LogP contribution in [-0.4, -0.2) is 31.1 Å². The monoisotopic (exact) mass is 312 g/mol. The van der Waals surface area contributed by atoms with Crippen molar-refractivity contribution in [3.05, 3.63) is 52.4 Å². The van der Waals surface area contributed by atoms with Crippen molar-refractivity contribution in [2.45, 2.75) is 13.5 Å². The Kier molecular flexibility index (Phi) is 4.10. The molecule has 0 spiro atoms. The Balaban J connectivity index is 1.66. The zero-order chi connectivity index (χ0) is 15.4. The Hall–Kier alpha value is -2.74. The van der Waals surface area contributed by atoms with Crippen molar-refractivity contribution in [1.29, 1.82) is 0 Å².